The van der Waals surface area contributed by atoms with Gasteiger partial charge in [-0.15, -0.1) is 0 Å². The van der Waals surface area contributed by atoms with Crippen molar-refractivity contribution in [2.75, 3.05) is 6.54 Å². The quantitative estimate of drug-likeness (QED) is 0.354. The number of allylic oxidation sites excluding steroid dienone is 6. The van der Waals surface area contributed by atoms with Gasteiger partial charge in [-0.2, -0.15) is 0 Å². The lowest BCUT2D eigenvalue weighted by Gasteiger charge is -2.42. The first-order valence-corrected chi connectivity index (χ1v) is 12.2. The highest BCUT2D eigenvalue weighted by atomic mass is 35.5. The fourth-order valence-electron chi connectivity index (χ4n) is 6.15. The third kappa shape index (κ3) is 3.71. The molecule has 3 aliphatic carbocycles. The van der Waals surface area contributed by atoms with Crippen molar-refractivity contribution in [1.82, 2.24) is 4.90 Å². The minimum absolute atomic E-state index is 0.0187. The number of aromatic hydroxyl groups is 1. The van der Waals surface area contributed by atoms with Crippen LogP contribution in [0.5, 0.6) is 5.75 Å². The van der Waals surface area contributed by atoms with Gasteiger partial charge in [-0.3, -0.25) is 28.9 Å². The van der Waals surface area contributed by atoms with Crippen LogP contribution in [-0.2, 0) is 24.0 Å². The molecular formula is C27H24ClNO7. The van der Waals surface area contributed by atoms with Crippen LogP contribution in [0.4, 0.5) is 0 Å². The van der Waals surface area contributed by atoms with Gasteiger partial charge in [-0.25, -0.2) is 0 Å². The molecule has 1 heterocycles. The zero-order valence-corrected chi connectivity index (χ0v) is 20.2. The van der Waals surface area contributed by atoms with Crippen molar-refractivity contribution in [3.63, 3.8) is 0 Å². The van der Waals surface area contributed by atoms with Gasteiger partial charge >= 0.3 is 5.97 Å². The van der Waals surface area contributed by atoms with Crippen molar-refractivity contribution < 1.29 is 34.2 Å². The molecule has 0 unspecified atom stereocenters. The summed E-state index contributed by atoms with van der Waals surface area (Å²) in [6, 6.07) is 4.51. The van der Waals surface area contributed by atoms with E-state index in [1.165, 1.54) is 18.2 Å². The Bertz CT molecular complexity index is 1340. The second kappa shape index (κ2) is 8.85. The van der Waals surface area contributed by atoms with E-state index in [0.717, 1.165) is 10.5 Å². The van der Waals surface area contributed by atoms with Crippen molar-refractivity contribution >= 4 is 41.0 Å². The fourth-order valence-corrected chi connectivity index (χ4v) is 6.33. The Morgan fingerprint density at radius 2 is 1.89 bits per heavy atom. The molecule has 36 heavy (non-hydrogen) atoms. The summed E-state index contributed by atoms with van der Waals surface area (Å²) in [5, 5.41) is 20.0. The van der Waals surface area contributed by atoms with Gasteiger partial charge < -0.3 is 10.2 Å². The highest BCUT2D eigenvalue weighted by molar-refractivity contribution is 6.30. The summed E-state index contributed by atoms with van der Waals surface area (Å²) in [5.41, 5.74) is 1.97. The van der Waals surface area contributed by atoms with Crippen LogP contribution in [-0.4, -0.2) is 51.0 Å². The van der Waals surface area contributed by atoms with Gasteiger partial charge in [0.25, 0.3) is 0 Å². The monoisotopic (exact) mass is 509 g/mol. The van der Waals surface area contributed by atoms with Crippen molar-refractivity contribution in [1.29, 1.82) is 0 Å². The van der Waals surface area contributed by atoms with Crippen LogP contribution in [0.1, 0.15) is 44.1 Å². The first-order chi connectivity index (χ1) is 17.1. The number of likely N-dealkylation sites (tertiary alicyclic amines) is 1. The number of benzene rings is 1. The van der Waals surface area contributed by atoms with E-state index in [1.54, 1.807) is 13.0 Å². The molecule has 4 atom stereocenters. The molecule has 0 spiro atoms. The van der Waals surface area contributed by atoms with Gasteiger partial charge in [0.2, 0.25) is 11.8 Å². The van der Waals surface area contributed by atoms with E-state index >= 15 is 0 Å². The molecule has 0 saturated carbocycles. The van der Waals surface area contributed by atoms with E-state index in [4.69, 9.17) is 16.7 Å². The number of phenols is 1. The van der Waals surface area contributed by atoms with Crippen molar-refractivity contribution in [3.05, 3.63) is 63.2 Å². The lowest BCUT2D eigenvalue weighted by atomic mass is 9.59. The largest absolute Gasteiger partial charge is 0.508 e. The number of hydrogen-bond donors (Lipinski definition) is 2. The molecule has 2 amide bonds. The molecule has 1 aliphatic heterocycles. The molecule has 1 aromatic carbocycles. The number of Topliss-reactive ketones (excluding diaryl/α,β-unsaturated/α-hetero) is 1. The van der Waals surface area contributed by atoms with Gasteiger partial charge in [-0.05, 0) is 56.4 Å². The van der Waals surface area contributed by atoms with Gasteiger partial charge in [0.15, 0.2) is 11.6 Å². The van der Waals surface area contributed by atoms with Crippen LogP contribution >= 0.6 is 11.6 Å². The summed E-state index contributed by atoms with van der Waals surface area (Å²) < 4.78 is 0. The number of rotatable bonds is 5. The third-order valence-corrected chi connectivity index (χ3v) is 7.96. The standard InChI is InChI=1S/C27H24ClNO7/c1-12-9-20(31)18-11-16-14(22(24(18)25(12)34)17-10-13(28)4-7-19(17)30)5-6-15-23(16)27(36)29(26(15)35)8-2-3-21(32)33/h4-5,7,9-10,15-16,22-23,30H,2-3,6,8,11H2,1H3,(H,32,33)/t15-,16+,22+,23-/m0/s1. The number of amides is 2. The van der Waals surface area contributed by atoms with E-state index in [1.807, 2.05) is 6.08 Å². The molecule has 4 aliphatic rings. The van der Waals surface area contributed by atoms with Crippen LogP contribution in [0.3, 0.4) is 0 Å². The maximum atomic E-state index is 13.5. The molecule has 9 heteroatoms. The Labute approximate surface area is 211 Å². The summed E-state index contributed by atoms with van der Waals surface area (Å²) in [6.07, 6.45) is 3.56. The van der Waals surface area contributed by atoms with E-state index in [0.29, 0.717) is 21.7 Å². The molecule has 8 nitrogen and oxygen atoms in total. The number of fused-ring (bicyclic) bond motifs is 3. The van der Waals surface area contributed by atoms with E-state index in [-0.39, 0.29) is 66.9 Å². The highest BCUT2D eigenvalue weighted by Crippen LogP contribution is 2.56. The van der Waals surface area contributed by atoms with Gasteiger partial charge in [-0.1, -0.05) is 23.3 Å². The zero-order chi connectivity index (χ0) is 25.9. The SMILES string of the molecule is CC1=CC(=O)C2=C(C1=O)[C@@H](c1cc(Cl)ccc1O)C1=CC[C@@H]3C(=O)N(CCCC(=O)O)C(=O)[C@@H]3[C@@H]1C2. The van der Waals surface area contributed by atoms with E-state index in [2.05, 4.69) is 0 Å². The molecule has 1 aromatic rings. The van der Waals surface area contributed by atoms with Crippen molar-refractivity contribution in [2.24, 2.45) is 17.8 Å². The zero-order valence-electron chi connectivity index (χ0n) is 19.5. The second-order valence-electron chi connectivity index (χ2n) is 9.76. The molecule has 0 aromatic heterocycles. The maximum Gasteiger partial charge on any atom is 0.303 e. The number of carbonyl (C=O) groups is 5. The van der Waals surface area contributed by atoms with Crippen molar-refractivity contribution in [2.45, 2.75) is 38.5 Å². The Hall–Kier alpha value is -3.52. The average Bonchev–Trinajstić information content (AvgIpc) is 3.07. The lowest BCUT2D eigenvalue weighted by molar-refractivity contribution is -0.142. The first kappa shape index (κ1) is 24.2. The number of carboxylic acids is 1. The number of halogens is 1. The Morgan fingerprint density at radius 3 is 2.61 bits per heavy atom. The van der Waals surface area contributed by atoms with Gasteiger partial charge in [0.05, 0.1) is 11.8 Å². The number of hydrogen-bond acceptors (Lipinski definition) is 6. The number of carbonyl (C=O) groups excluding carboxylic acids is 4. The Balaban J connectivity index is 1.60. The number of ketones is 2. The van der Waals surface area contributed by atoms with Crippen LogP contribution in [0, 0.1) is 17.8 Å². The van der Waals surface area contributed by atoms with Crippen LogP contribution < -0.4 is 0 Å². The smallest absolute Gasteiger partial charge is 0.303 e. The van der Waals surface area contributed by atoms with E-state index < -0.39 is 29.6 Å². The molecule has 5 rings (SSSR count). The number of carboxylic acid groups (broad SMARTS) is 1. The fraction of sp³-hybridized carbons (Fsp3) is 0.370. The minimum Gasteiger partial charge on any atom is -0.508 e. The van der Waals surface area contributed by atoms with Crippen molar-refractivity contribution in [3.8, 4) is 5.75 Å². The minimum atomic E-state index is -1.00. The third-order valence-electron chi connectivity index (χ3n) is 7.73. The average molecular weight is 510 g/mol. The lowest BCUT2D eigenvalue weighted by Crippen LogP contribution is -2.40. The topological polar surface area (TPSA) is 129 Å². The number of nitrogens with zero attached hydrogens (tertiary/aromatic N) is 1. The second-order valence-corrected chi connectivity index (χ2v) is 10.2. The Kier molecular flexibility index (Phi) is 5.95. The molecule has 0 bridgehead atoms. The van der Waals surface area contributed by atoms with Crippen LogP contribution in [0.15, 0.2) is 52.6 Å². The maximum absolute atomic E-state index is 13.5. The predicted molar refractivity (Wildman–Crippen MR) is 128 cm³/mol. The summed E-state index contributed by atoms with van der Waals surface area (Å²) in [6.45, 7) is 1.59. The molecule has 2 N–H and O–H groups in total. The van der Waals surface area contributed by atoms with Crippen LogP contribution in [0.25, 0.3) is 0 Å². The summed E-state index contributed by atoms with van der Waals surface area (Å²) >= 11 is 6.24. The summed E-state index contributed by atoms with van der Waals surface area (Å²) in [7, 11) is 0. The molecule has 1 fully saturated rings. The Morgan fingerprint density at radius 1 is 1.14 bits per heavy atom. The summed E-state index contributed by atoms with van der Waals surface area (Å²) in [5.74, 6) is -5.05. The molecule has 1 saturated heterocycles. The molecular weight excluding hydrogens is 486 g/mol. The summed E-state index contributed by atoms with van der Waals surface area (Å²) in [4.78, 5) is 65.1. The number of imide groups is 1. The number of aliphatic carboxylic acids is 1. The molecule has 186 valence electrons. The number of phenolic OH excluding ortho intramolecular Hbond substituents is 1. The van der Waals surface area contributed by atoms with E-state index in [9.17, 15) is 29.1 Å². The van der Waals surface area contributed by atoms with Gasteiger partial charge in [0.1, 0.15) is 5.75 Å². The highest BCUT2D eigenvalue weighted by Gasteiger charge is 2.56. The van der Waals surface area contributed by atoms with Crippen LogP contribution in [0.2, 0.25) is 5.02 Å². The first-order valence-electron chi connectivity index (χ1n) is 11.9. The van der Waals surface area contributed by atoms with Gasteiger partial charge in [0, 0.05) is 46.2 Å². The normalized spacial score (nSPS) is 27.4. The molecule has 0 radical (unpaired) electrons. The predicted octanol–water partition coefficient (Wildman–Crippen LogP) is 3.34.